The molecule has 2 rings (SSSR count). The van der Waals surface area contributed by atoms with Crippen molar-refractivity contribution in [3.05, 3.63) is 18.1 Å². The molecule has 1 aromatic rings. The number of aromatic nitrogens is 2. The van der Waals surface area contributed by atoms with Crippen molar-refractivity contribution in [2.24, 2.45) is 0 Å². The normalized spacial score (nSPS) is 17.0. The van der Waals surface area contributed by atoms with Crippen molar-refractivity contribution in [1.82, 2.24) is 9.97 Å². The molecule has 1 aromatic heterocycles. The van der Waals surface area contributed by atoms with Crippen LogP contribution in [0.4, 0.5) is 5.82 Å². The van der Waals surface area contributed by atoms with Gasteiger partial charge >= 0.3 is 0 Å². The zero-order valence-electron chi connectivity index (χ0n) is 8.31. The van der Waals surface area contributed by atoms with Gasteiger partial charge in [-0.15, -0.1) is 0 Å². The molecule has 0 saturated carbocycles. The highest BCUT2D eigenvalue weighted by molar-refractivity contribution is 7.99. The highest BCUT2D eigenvalue weighted by atomic mass is 32.2. The van der Waals surface area contributed by atoms with Gasteiger partial charge in [-0.3, -0.25) is 0 Å². The standard InChI is InChI=1S/C10H12N4S/c11-7-9-10(13-4-3-12-9)14-8-1-5-15-6-2-8/h3-4,8H,1-2,5-6H2,(H,13,14). The van der Waals surface area contributed by atoms with Crippen LogP contribution in [0.5, 0.6) is 0 Å². The minimum Gasteiger partial charge on any atom is -0.365 e. The molecule has 78 valence electrons. The molecule has 0 radical (unpaired) electrons. The second kappa shape index (κ2) is 4.99. The van der Waals surface area contributed by atoms with E-state index in [-0.39, 0.29) is 0 Å². The van der Waals surface area contributed by atoms with E-state index in [4.69, 9.17) is 5.26 Å². The first-order valence-electron chi connectivity index (χ1n) is 4.95. The Hall–Kier alpha value is -1.28. The van der Waals surface area contributed by atoms with Gasteiger partial charge in [0.1, 0.15) is 6.07 Å². The molecule has 0 amide bonds. The first-order valence-corrected chi connectivity index (χ1v) is 6.11. The summed E-state index contributed by atoms with van der Waals surface area (Å²) in [5, 5.41) is 12.1. The summed E-state index contributed by atoms with van der Waals surface area (Å²) in [5.74, 6) is 2.98. The lowest BCUT2D eigenvalue weighted by molar-refractivity contribution is 0.663. The molecule has 1 saturated heterocycles. The summed E-state index contributed by atoms with van der Waals surface area (Å²) in [7, 11) is 0. The maximum absolute atomic E-state index is 8.85. The molecule has 2 heterocycles. The lowest BCUT2D eigenvalue weighted by Gasteiger charge is -2.22. The average molecular weight is 220 g/mol. The zero-order chi connectivity index (χ0) is 10.5. The summed E-state index contributed by atoms with van der Waals surface area (Å²) in [6.07, 6.45) is 5.42. The quantitative estimate of drug-likeness (QED) is 0.821. The van der Waals surface area contributed by atoms with Crippen LogP contribution in [0.3, 0.4) is 0 Å². The van der Waals surface area contributed by atoms with Crippen LogP contribution in [0, 0.1) is 11.3 Å². The monoisotopic (exact) mass is 220 g/mol. The maximum Gasteiger partial charge on any atom is 0.182 e. The lowest BCUT2D eigenvalue weighted by Crippen LogP contribution is -2.25. The summed E-state index contributed by atoms with van der Waals surface area (Å²) in [4.78, 5) is 8.11. The summed E-state index contributed by atoms with van der Waals surface area (Å²) in [6, 6.07) is 2.48. The number of thioether (sulfide) groups is 1. The fraction of sp³-hybridized carbons (Fsp3) is 0.500. The third-order valence-corrected chi connectivity index (χ3v) is 3.42. The molecule has 0 spiro atoms. The topological polar surface area (TPSA) is 61.6 Å². The van der Waals surface area contributed by atoms with E-state index >= 15 is 0 Å². The molecule has 1 N–H and O–H groups in total. The molecule has 15 heavy (non-hydrogen) atoms. The Morgan fingerprint density at radius 3 is 2.80 bits per heavy atom. The van der Waals surface area contributed by atoms with Crippen molar-refractivity contribution < 1.29 is 0 Å². The fourth-order valence-electron chi connectivity index (χ4n) is 1.56. The first-order chi connectivity index (χ1) is 7.40. The van der Waals surface area contributed by atoms with E-state index in [1.807, 2.05) is 17.8 Å². The van der Waals surface area contributed by atoms with E-state index in [0.29, 0.717) is 17.6 Å². The van der Waals surface area contributed by atoms with Crippen molar-refractivity contribution in [3.63, 3.8) is 0 Å². The van der Waals surface area contributed by atoms with E-state index in [9.17, 15) is 0 Å². The van der Waals surface area contributed by atoms with Gasteiger partial charge in [0.05, 0.1) is 0 Å². The number of nitrogens with zero attached hydrogens (tertiary/aromatic N) is 3. The Morgan fingerprint density at radius 2 is 2.07 bits per heavy atom. The van der Waals surface area contributed by atoms with Crippen molar-refractivity contribution >= 4 is 17.6 Å². The van der Waals surface area contributed by atoms with Crippen LogP contribution in [0.15, 0.2) is 12.4 Å². The number of nitriles is 1. The first kappa shape index (κ1) is 10.2. The van der Waals surface area contributed by atoms with E-state index in [1.54, 1.807) is 12.4 Å². The molecule has 4 nitrogen and oxygen atoms in total. The molecular formula is C10H12N4S. The van der Waals surface area contributed by atoms with Gasteiger partial charge in [-0.2, -0.15) is 17.0 Å². The highest BCUT2D eigenvalue weighted by Crippen LogP contribution is 2.20. The van der Waals surface area contributed by atoms with Gasteiger partial charge in [-0.25, -0.2) is 9.97 Å². The molecule has 0 aliphatic carbocycles. The molecule has 0 bridgehead atoms. The summed E-state index contributed by atoms with van der Waals surface area (Å²) in [5.41, 5.74) is 0.385. The van der Waals surface area contributed by atoms with Gasteiger partial charge in [0.25, 0.3) is 0 Å². The third kappa shape index (κ3) is 2.60. The van der Waals surface area contributed by atoms with Gasteiger partial charge < -0.3 is 5.32 Å². The van der Waals surface area contributed by atoms with Gasteiger partial charge in [0.15, 0.2) is 11.5 Å². The van der Waals surface area contributed by atoms with Crippen LogP contribution < -0.4 is 5.32 Å². The summed E-state index contributed by atoms with van der Waals surface area (Å²) in [6.45, 7) is 0. The Morgan fingerprint density at radius 1 is 1.33 bits per heavy atom. The van der Waals surface area contributed by atoms with Crippen LogP contribution in [-0.4, -0.2) is 27.5 Å². The SMILES string of the molecule is N#Cc1nccnc1NC1CCSCC1. The number of rotatable bonds is 2. The summed E-state index contributed by atoms with van der Waals surface area (Å²) >= 11 is 1.98. The molecule has 1 fully saturated rings. The van der Waals surface area contributed by atoms with Crippen LogP contribution in [-0.2, 0) is 0 Å². The minimum atomic E-state index is 0.385. The van der Waals surface area contributed by atoms with Gasteiger partial charge in [-0.05, 0) is 24.3 Å². The molecule has 1 aliphatic rings. The highest BCUT2D eigenvalue weighted by Gasteiger charge is 2.15. The second-order valence-corrected chi connectivity index (χ2v) is 4.62. The maximum atomic E-state index is 8.85. The second-order valence-electron chi connectivity index (χ2n) is 3.40. The van der Waals surface area contributed by atoms with Crippen LogP contribution in [0.2, 0.25) is 0 Å². The van der Waals surface area contributed by atoms with Crippen LogP contribution >= 0.6 is 11.8 Å². The molecule has 0 aromatic carbocycles. The van der Waals surface area contributed by atoms with E-state index in [0.717, 1.165) is 12.8 Å². The van der Waals surface area contributed by atoms with Crippen LogP contribution in [0.25, 0.3) is 0 Å². The smallest absolute Gasteiger partial charge is 0.182 e. The molecular weight excluding hydrogens is 208 g/mol. The van der Waals surface area contributed by atoms with Crippen molar-refractivity contribution in [3.8, 4) is 6.07 Å². The van der Waals surface area contributed by atoms with Crippen molar-refractivity contribution in [1.29, 1.82) is 5.26 Å². The average Bonchev–Trinajstić information content (AvgIpc) is 2.31. The Labute approximate surface area is 93.1 Å². The lowest BCUT2D eigenvalue weighted by atomic mass is 10.1. The van der Waals surface area contributed by atoms with Crippen LogP contribution in [0.1, 0.15) is 18.5 Å². The van der Waals surface area contributed by atoms with Gasteiger partial charge in [0.2, 0.25) is 0 Å². The largest absolute Gasteiger partial charge is 0.365 e. The zero-order valence-corrected chi connectivity index (χ0v) is 9.13. The van der Waals surface area contributed by atoms with E-state index in [2.05, 4.69) is 15.3 Å². The van der Waals surface area contributed by atoms with E-state index in [1.165, 1.54) is 11.5 Å². The molecule has 0 atom stereocenters. The van der Waals surface area contributed by atoms with Crippen molar-refractivity contribution in [2.45, 2.75) is 18.9 Å². The third-order valence-electron chi connectivity index (χ3n) is 2.37. The number of hydrogen-bond donors (Lipinski definition) is 1. The number of anilines is 1. The Bertz CT molecular complexity index is 368. The predicted octanol–water partition coefficient (Wildman–Crippen LogP) is 1.66. The number of nitrogens with one attached hydrogen (secondary N) is 1. The fourth-order valence-corrected chi connectivity index (χ4v) is 2.67. The predicted molar refractivity (Wildman–Crippen MR) is 60.7 cm³/mol. The molecule has 5 heteroatoms. The molecule has 1 aliphatic heterocycles. The van der Waals surface area contributed by atoms with E-state index < -0.39 is 0 Å². The van der Waals surface area contributed by atoms with Gasteiger partial charge in [-0.1, -0.05) is 0 Å². The number of hydrogen-bond acceptors (Lipinski definition) is 5. The van der Waals surface area contributed by atoms with Crippen molar-refractivity contribution in [2.75, 3.05) is 16.8 Å². The Kier molecular flexibility index (Phi) is 3.41. The Balaban J connectivity index is 2.06. The summed E-state index contributed by atoms with van der Waals surface area (Å²) < 4.78 is 0. The van der Waals surface area contributed by atoms with Gasteiger partial charge in [0, 0.05) is 18.4 Å². The minimum absolute atomic E-state index is 0.385. The molecule has 0 unspecified atom stereocenters.